The van der Waals surface area contributed by atoms with Gasteiger partial charge in [0.2, 0.25) is 0 Å². The van der Waals surface area contributed by atoms with E-state index >= 15 is 0 Å². The van der Waals surface area contributed by atoms with Crippen LogP contribution in [0.4, 0.5) is 4.39 Å². The maximum absolute atomic E-state index is 13.5. The molecule has 6 nitrogen and oxygen atoms in total. The van der Waals surface area contributed by atoms with Crippen LogP contribution < -0.4 is 0 Å². The third-order valence-electron chi connectivity index (χ3n) is 6.49. The Balaban J connectivity index is 1.33. The van der Waals surface area contributed by atoms with E-state index in [0.29, 0.717) is 30.2 Å². The number of hydrogen-bond acceptors (Lipinski definition) is 4. The molecule has 1 amide bonds. The summed E-state index contributed by atoms with van der Waals surface area (Å²) in [6.07, 6.45) is 4.40. The predicted molar refractivity (Wildman–Crippen MR) is 122 cm³/mol. The molecule has 3 aromatic rings. The molecule has 32 heavy (non-hydrogen) atoms. The number of nitrogens with zero attached hydrogens (tertiary/aromatic N) is 5. The monoisotopic (exact) mass is 455 g/mol. The standard InChI is InChI=1S/C24H27ClFN5O/c1-16-13-19(22-23(27-16)31-8-4-2-3-5-21(31)28-22)24(32)30-11-9-29(10-12-30)15-17-6-7-18(26)14-20(17)25/h6-7,13-14H,2-5,8-12,15H2,1H3. The van der Waals surface area contributed by atoms with Gasteiger partial charge in [0.1, 0.15) is 17.2 Å². The van der Waals surface area contributed by atoms with E-state index in [0.717, 1.165) is 67.1 Å². The van der Waals surface area contributed by atoms with Crippen LogP contribution in [-0.4, -0.2) is 56.4 Å². The van der Waals surface area contributed by atoms with E-state index in [2.05, 4.69) is 9.47 Å². The number of aromatic nitrogens is 3. The molecule has 4 heterocycles. The van der Waals surface area contributed by atoms with Gasteiger partial charge in [-0.1, -0.05) is 24.1 Å². The second-order valence-electron chi connectivity index (χ2n) is 8.78. The molecular formula is C24H27ClFN5O. The van der Waals surface area contributed by atoms with Gasteiger partial charge in [-0.2, -0.15) is 0 Å². The first-order valence-corrected chi connectivity index (χ1v) is 11.7. The molecule has 1 aromatic carbocycles. The van der Waals surface area contributed by atoms with Crippen molar-refractivity contribution in [1.29, 1.82) is 0 Å². The molecule has 2 aliphatic heterocycles. The number of piperazine rings is 1. The van der Waals surface area contributed by atoms with Crippen LogP contribution in [0.5, 0.6) is 0 Å². The van der Waals surface area contributed by atoms with Gasteiger partial charge in [0.05, 0.1) is 5.56 Å². The molecule has 0 saturated carbocycles. The lowest BCUT2D eigenvalue weighted by molar-refractivity contribution is 0.0630. The van der Waals surface area contributed by atoms with E-state index in [1.54, 1.807) is 6.07 Å². The van der Waals surface area contributed by atoms with Crippen molar-refractivity contribution >= 4 is 28.7 Å². The van der Waals surface area contributed by atoms with Crippen LogP contribution in [0, 0.1) is 12.7 Å². The van der Waals surface area contributed by atoms with Crippen molar-refractivity contribution in [2.45, 2.75) is 45.7 Å². The number of pyridine rings is 1. The van der Waals surface area contributed by atoms with Crippen LogP contribution in [0.3, 0.4) is 0 Å². The largest absolute Gasteiger partial charge is 0.336 e. The van der Waals surface area contributed by atoms with Gasteiger partial charge >= 0.3 is 0 Å². The van der Waals surface area contributed by atoms with Gasteiger partial charge in [-0.15, -0.1) is 0 Å². The molecule has 5 rings (SSSR count). The van der Waals surface area contributed by atoms with E-state index in [1.807, 2.05) is 17.9 Å². The molecule has 1 saturated heterocycles. The molecule has 0 bridgehead atoms. The minimum Gasteiger partial charge on any atom is -0.336 e. The van der Waals surface area contributed by atoms with Gasteiger partial charge in [-0.25, -0.2) is 14.4 Å². The molecule has 168 valence electrons. The molecular weight excluding hydrogens is 429 g/mol. The Labute approximate surface area is 192 Å². The van der Waals surface area contributed by atoms with Crippen molar-refractivity contribution in [3.8, 4) is 0 Å². The first kappa shape index (κ1) is 21.3. The molecule has 0 aliphatic carbocycles. The van der Waals surface area contributed by atoms with E-state index in [4.69, 9.17) is 21.6 Å². The summed E-state index contributed by atoms with van der Waals surface area (Å²) in [6.45, 7) is 6.26. The molecule has 2 aliphatic rings. The lowest BCUT2D eigenvalue weighted by Gasteiger charge is -2.35. The lowest BCUT2D eigenvalue weighted by Crippen LogP contribution is -2.48. The minimum absolute atomic E-state index is 0.0215. The average Bonchev–Trinajstić information content (AvgIpc) is 2.96. The zero-order valence-corrected chi connectivity index (χ0v) is 19.0. The van der Waals surface area contributed by atoms with Crippen LogP contribution >= 0.6 is 11.6 Å². The normalized spacial score (nSPS) is 17.4. The summed E-state index contributed by atoms with van der Waals surface area (Å²) < 4.78 is 15.5. The first-order valence-electron chi connectivity index (χ1n) is 11.3. The number of aryl methyl sites for hydroxylation is 3. The van der Waals surface area contributed by atoms with Gasteiger partial charge in [0.15, 0.2) is 5.65 Å². The summed E-state index contributed by atoms with van der Waals surface area (Å²) in [5.74, 6) is 0.739. The predicted octanol–water partition coefficient (Wildman–Crippen LogP) is 4.22. The maximum Gasteiger partial charge on any atom is 0.256 e. The number of rotatable bonds is 3. The van der Waals surface area contributed by atoms with Crippen LogP contribution in [0.15, 0.2) is 24.3 Å². The fraction of sp³-hybridized carbons (Fsp3) is 0.458. The fourth-order valence-corrected chi connectivity index (χ4v) is 4.98. The van der Waals surface area contributed by atoms with Crippen LogP contribution in [0.2, 0.25) is 5.02 Å². The zero-order valence-electron chi connectivity index (χ0n) is 18.3. The molecule has 8 heteroatoms. The number of carbonyl (C=O) groups excluding carboxylic acids is 1. The van der Waals surface area contributed by atoms with Crippen molar-refractivity contribution in [2.75, 3.05) is 26.2 Å². The van der Waals surface area contributed by atoms with E-state index < -0.39 is 0 Å². The van der Waals surface area contributed by atoms with E-state index in [1.165, 1.54) is 18.6 Å². The molecule has 0 radical (unpaired) electrons. The topological polar surface area (TPSA) is 54.3 Å². The Hall–Kier alpha value is -2.51. The van der Waals surface area contributed by atoms with Gasteiger partial charge in [-0.3, -0.25) is 9.69 Å². The maximum atomic E-state index is 13.5. The summed E-state index contributed by atoms with van der Waals surface area (Å²) >= 11 is 6.19. The molecule has 0 unspecified atom stereocenters. The Kier molecular flexibility index (Phi) is 5.86. The first-order chi connectivity index (χ1) is 15.5. The summed E-state index contributed by atoms with van der Waals surface area (Å²) in [6, 6.07) is 6.39. The fourth-order valence-electron chi connectivity index (χ4n) is 4.75. The quantitative estimate of drug-likeness (QED) is 0.593. The van der Waals surface area contributed by atoms with Gasteiger partial charge in [-0.05, 0) is 43.5 Å². The summed E-state index contributed by atoms with van der Waals surface area (Å²) in [5.41, 5.74) is 3.98. The molecule has 0 spiro atoms. The second-order valence-corrected chi connectivity index (χ2v) is 9.19. The number of imidazole rings is 1. The number of amides is 1. The SMILES string of the molecule is Cc1cc(C(=O)N2CCN(Cc3ccc(F)cc3Cl)CC2)c2nc3n(c2n1)CCCCC3. The number of halogens is 2. The Morgan fingerprint density at radius 1 is 1.06 bits per heavy atom. The number of benzene rings is 1. The van der Waals surface area contributed by atoms with Crippen molar-refractivity contribution in [3.63, 3.8) is 0 Å². The Bertz CT molecular complexity index is 1170. The van der Waals surface area contributed by atoms with Crippen molar-refractivity contribution in [3.05, 3.63) is 57.8 Å². The van der Waals surface area contributed by atoms with Crippen LogP contribution in [0.1, 0.15) is 46.7 Å². The number of carbonyl (C=O) groups is 1. The summed E-state index contributed by atoms with van der Waals surface area (Å²) in [5, 5.41) is 0.442. The number of hydrogen-bond donors (Lipinski definition) is 0. The molecule has 2 aromatic heterocycles. The average molecular weight is 456 g/mol. The van der Waals surface area contributed by atoms with Crippen LogP contribution in [0.25, 0.3) is 11.2 Å². The van der Waals surface area contributed by atoms with Crippen molar-refractivity contribution < 1.29 is 9.18 Å². The van der Waals surface area contributed by atoms with Crippen molar-refractivity contribution in [1.82, 2.24) is 24.3 Å². The van der Waals surface area contributed by atoms with Gasteiger partial charge in [0, 0.05) is 56.4 Å². The zero-order chi connectivity index (χ0) is 22.2. The lowest BCUT2D eigenvalue weighted by atomic mass is 10.1. The summed E-state index contributed by atoms with van der Waals surface area (Å²) in [4.78, 5) is 27.2. The Morgan fingerprint density at radius 3 is 2.66 bits per heavy atom. The third-order valence-corrected chi connectivity index (χ3v) is 6.84. The third kappa shape index (κ3) is 4.11. The molecule has 1 fully saturated rings. The number of fused-ring (bicyclic) bond motifs is 3. The molecule has 0 N–H and O–H groups in total. The highest BCUT2D eigenvalue weighted by Crippen LogP contribution is 2.26. The second kappa shape index (κ2) is 8.79. The van der Waals surface area contributed by atoms with Gasteiger partial charge in [0.25, 0.3) is 5.91 Å². The minimum atomic E-state index is -0.329. The highest BCUT2D eigenvalue weighted by Gasteiger charge is 2.27. The highest BCUT2D eigenvalue weighted by molar-refractivity contribution is 6.31. The van der Waals surface area contributed by atoms with Gasteiger partial charge < -0.3 is 9.47 Å². The summed E-state index contributed by atoms with van der Waals surface area (Å²) in [7, 11) is 0. The Morgan fingerprint density at radius 2 is 1.88 bits per heavy atom. The van der Waals surface area contributed by atoms with Crippen molar-refractivity contribution in [2.24, 2.45) is 0 Å². The van der Waals surface area contributed by atoms with E-state index in [9.17, 15) is 9.18 Å². The smallest absolute Gasteiger partial charge is 0.256 e. The van der Waals surface area contributed by atoms with E-state index in [-0.39, 0.29) is 11.7 Å². The van der Waals surface area contributed by atoms with Crippen LogP contribution in [-0.2, 0) is 19.5 Å². The highest BCUT2D eigenvalue weighted by atomic mass is 35.5. The molecule has 0 atom stereocenters.